The molecule has 0 bridgehead atoms. The van der Waals surface area contributed by atoms with Crippen LogP contribution in [0.25, 0.3) is 0 Å². The number of carbonyl (C=O) groups excluding carboxylic acids is 1. The van der Waals surface area contributed by atoms with Gasteiger partial charge < -0.3 is 9.47 Å². The molecule has 2 unspecified atom stereocenters. The number of benzene rings is 2. The monoisotopic (exact) mass is 466 g/mol. The van der Waals surface area contributed by atoms with Gasteiger partial charge in [-0.25, -0.2) is 0 Å². The first-order chi connectivity index (χ1) is 16.6. The Morgan fingerprint density at radius 3 is 1.35 bits per heavy atom. The van der Waals surface area contributed by atoms with Crippen LogP contribution in [0.5, 0.6) is 11.5 Å². The molecule has 0 aliphatic rings. The lowest BCUT2D eigenvalue weighted by molar-refractivity contribution is -0.117. The number of hydrogen-bond donors (Lipinski definition) is 0. The van der Waals surface area contributed by atoms with E-state index < -0.39 is 0 Å². The van der Waals surface area contributed by atoms with Gasteiger partial charge in [-0.05, 0) is 60.1 Å². The van der Waals surface area contributed by atoms with E-state index in [0.717, 1.165) is 48.7 Å². The standard InChI is InChI=1S/C31H46O3/c1-5-9-11-25(7-3)23-33-30-17-13-27(14-18-30)21-29(32)22-28-15-19-31(20-16-28)34-24-26(8-4)12-10-6-2/h13-20,25-26H,5-12,21-24H2,1-4H3. The number of Topliss-reactive ketones (excluding diaryl/α,β-unsaturated/α-hetero) is 1. The zero-order valence-electron chi connectivity index (χ0n) is 22.0. The van der Waals surface area contributed by atoms with Crippen LogP contribution in [0.15, 0.2) is 48.5 Å². The van der Waals surface area contributed by atoms with Crippen LogP contribution in [0.1, 0.15) is 90.2 Å². The van der Waals surface area contributed by atoms with Crippen molar-refractivity contribution >= 4 is 5.78 Å². The summed E-state index contributed by atoms with van der Waals surface area (Å²) in [4.78, 5) is 12.6. The van der Waals surface area contributed by atoms with Crippen molar-refractivity contribution in [3.63, 3.8) is 0 Å². The van der Waals surface area contributed by atoms with Crippen LogP contribution in [-0.4, -0.2) is 19.0 Å². The van der Waals surface area contributed by atoms with Crippen molar-refractivity contribution in [3.05, 3.63) is 59.7 Å². The van der Waals surface area contributed by atoms with E-state index in [-0.39, 0.29) is 5.78 Å². The van der Waals surface area contributed by atoms with Gasteiger partial charge in [0.2, 0.25) is 0 Å². The number of ether oxygens (including phenoxy) is 2. The summed E-state index contributed by atoms with van der Waals surface area (Å²) in [5.41, 5.74) is 2.07. The third-order valence-electron chi connectivity index (χ3n) is 6.71. The largest absolute Gasteiger partial charge is 0.493 e. The fourth-order valence-corrected chi connectivity index (χ4v) is 4.15. The highest BCUT2D eigenvalue weighted by Gasteiger charge is 2.10. The highest BCUT2D eigenvalue weighted by molar-refractivity contribution is 5.83. The van der Waals surface area contributed by atoms with Gasteiger partial charge in [-0.3, -0.25) is 4.79 Å². The molecule has 0 heterocycles. The molecule has 34 heavy (non-hydrogen) atoms. The number of carbonyl (C=O) groups is 1. The van der Waals surface area contributed by atoms with Crippen LogP contribution in [0.3, 0.4) is 0 Å². The van der Waals surface area contributed by atoms with Crippen LogP contribution in [0.4, 0.5) is 0 Å². The Morgan fingerprint density at radius 1 is 0.647 bits per heavy atom. The Labute approximate surface area is 208 Å². The lowest BCUT2D eigenvalue weighted by Gasteiger charge is -2.16. The van der Waals surface area contributed by atoms with E-state index in [1.165, 1.54) is 38.5 Å². The first kappa shape index (κ1) is 28.0. The van der Waals surface area contributed by atoms with E-state index in [2.05, 4.69) is 27.7 Å². The molecule has 0 aliphatic heterocycles. The van der Waals surface area contributed by atoms with Gasteiger partial charge in [-0.15, -0.1) is 0 Å². The van der Waals surface area contributed by atoms with Gasteiger partial charge in [0.05, 0.1) is 13.2 Å². The van der Waals surface area contributed by atoms with Crippen molar-refractivity contribution in [1.82, 2.24) is 0 Å². The molecule has 0 aliphatic carbocycles. The molecule has 188 valence electrons. The van der Waals surface area contributed by atoms with Gasteiger partial charge >= 0.3 is 0 Å². The van der Waals surface area contributed by atoms with Gasteiger partial charge in [0.25, 0.3) is 0 Å². The molecule has 2 rings (SSSR count). The molecule has 0 radical (unpaired) electrons. The summed E-state index contributed by atoms with van der Waals surface area (Å²) in [5.74, 6) is 3.24. The highest BCUT2D eigenvalue weighted by atomic mass is 16.5. The average molecular weight is 467 g/mol. The zero-order chi connectivity index (χ0) is 24.6. The number of hydrogen-bond acceptors (Lipinski definition) is 3. The molecule has 0 fully saturated rings. The number of unbranched alkanes of at least 4 members (excludes halogenated alkanes) is 2. The van der Waals surface area contributed by atoms with Gasteiger partial charge in [-0.1, -0.05) is 90.5 Å². The second-order valence-electron chi connectivity index (χ2n) is 9.64. The van der Waals surface area contributed by atoms with Crippen molar-refractivity contribution in [2.45, 2.75) is 91.9 Å². The van der Waals surface area contributed by atoms with E-state index in [9.17, 15) is 4.79 Å². The maximum Gasteiger partial charge on any atom is 0.141 e. The second kappa shape index (κ2) is 16.4. The van der Waals surface area contributed by atoms with E-state index in [1.807, 2.05) is 48.5 Å². The lowest BCUT2D eigenvalue weighted by atomic mass is 10.0. The van der Waals surface area contributed by atoms with Crippen LogP contribution in [0, 0.1) is 11.8 Å². The first-order valence-corrected chi connectivity index (χ1v) is 13.5. The molecule has 2 atom stereocenters. The molecule has 2 aromatic carbocycles. The van der Waals surface area contributed by atoms with Gasteiger partial charge in [0, 0.05) is 12.8 Å². The molecule has 3 heteroatoms. The third kappa shape index (κ3) is 10.8. The topological polar surface area (TPSA) is 35.5 Å². The van der Waals surface area contributed by atoms with Gasteiger partial charge in [-0.2, -0.15) is 0 Å². The van der Waals surface area contributed by atoms with E-state index in [0.29, 0.717) is 24.7 Å². The van der Waals surface area contributed by atoms with E-state index in [4.69, 9.17) is 9.47 Å². The quantitative estimate of drug-likeness (QED) is 0.222. The van der Waals surface area contributed by atoms with E-state index >= 15 is 0 Å². The lowest BCUT2D eigenvalue weighted by Crippen LogP contribution is -2.11. The second-order valence-corrected chi connectivity index (χ2v) is 9.64. The molecule has 0 saturated carbocycles. The minimum atomic E-state index is 0.221. The molecule has 2 aromatic rings. The fourth-order valence-electron chi connectivity index (χ4n) is 4.15. The number of rotatable bonds is 18. The molecular formula is C31H46O3. The third-order valence-corrected chi connectivity index (χ3v) is 6.71. The van der Waals surface area contributed by atoms with Crippen molar-refractivity contribution in [2.75, 3.05) is 13.2 Å². The van der Waals surface area contributed by atoms with Gasteiger partial charge in [0.15, 0.2) is 0 Å². The van der Waals surface area contributed by atoms with Crippen molar-refractivity contribution in [3.8, 4) is 11.5 Å². The molecule has 0 N–H and O–H groups in total. The normalized spacial score (nSPS) is 12.8. The first-order valence-electron chi connectivity index (χ1n) is 13.5. The molecule has 0 spiro atoms. The summed E-state index contributed by atoms with van der Waals surface area (Å²) in [6, 6.07) is 16.0. The molecule has 0 aromatic heterocycles. The maximum absolute atomic E-state index is 12.6. The summed E-state index contributed by atoms with van der Waals surface area (Å²) in [6.45, 7) is 10.5. The smallest absolute Gasteiger partial charge is 0.141 e. The van der Waals surface area contributed by atoms with Crippen LogP contribution < -0.4 is 9.47 Å². The number of ketones is 1. The molecular weight excluding hydrogens is 420 g/mol. The van der Waals surface area contributed by atoms with Gasteiger partial charge in [0.1, 0.15) is 17.3 Å². The summed E-state index contributed by atoms with van der Waals surface area (Å²) < 4.78 is 12.0. The molecule has 0 saturated heterocycles. The average Bonchev–Trinajstić information content (AvgIpc) is 2.86. The van der Waals surface area contributed by atoms with Crippen LogP contribution in [-0.2, 0) is 17.6 Å². The Bertz CT molecular complexity index is 727. The van der Waals surface area contributed by atoms with Crippen molar-refractivity contribution in [1.29, 1.82) is 0 Å². The Kier molecular flexibility index (Phi) is 13.4. The summed E-state index contributed by atoms with van der Waals surface area (Å²) in [6.07, 6.45) is 10.6. The predicted molar refractivity (Wildman–Crippen MR) is 143 cm³/mol. The highest BCUT2D eigenvalue weighted by Crippen LogP contribution is 2.20. The van der Waals surface area contributed by atoms with Crippen molar-refractivity contribution < 1.29 is 14.3 Å². The molecule has 3 nitrogen and oxygen atoms in total. The Balaban J connectivity index is 1.76. The maximum atomic E-state index is 12.6. The zero-order valence-corrected chi connectivity index (χ0v) is 22.0. The van der Waals surface area contributed by atoms with Crippen molar-refractivity contribution in [2.24, 2.45) is 11.8 Å². The fraction of sp³-hybridized carbons (Fsp3) is 0.581. The predicted octanol–water partition coefficient (Wildman–Crippen LogP) is 8.23. The minimum absolute atomic E-state index is 0.221. The Hall–Kier alpha value is -2.29. The summed E-state index contributed by atoms with van der Waals surface area (Å²) in [5, 5.41) is 0. The minimum Gasteiger partial charge on any atom is -0.493 e. The van der Waals surface area contributed by atoms with E-state index in [1.54, 1.807) is 0 Å². The molecule has 0 amide bonds. The van der Waals surface area contributed by atoms with Crippen LogP contribution >= 0.6 is 0 Å². The SMILES string of the molecule is CCCCC(CC)COc1ccc(CC(=O)Cc2ccc(OCC(CC)CCCC)cc2)cc1. The summed E-state index contributed by atoms with van der Waals surface area (Å²) in [7, 11) is 0. The summed E-state index contributed by atoms with van der Waals surface area (Å²) >= 11 is 0. The van der Waals surface area contributed by atoms with Crippen LogP contribution in [0.2, 0.25) is 0 Å². The Morgan fingerprint density at radius 2 is 1.03 bits per heavy atom.